The maximum absolute atomic E-state index is 12.4. The van der Waals surface area contributed by atoms with Gasteiger partial charge in [-0.2, -0.15) is 0 Å². The van der Waals surface area contributed by atoms with Crippen molar-refractivity contribution in [3.05, 3.63) is 36.5 Å². The third-order valence-electron chi connectivity index (χ3n) is 9.44. The minimum atomic E-state index is -1.17. The summed E-state index contributed by atoms with van der Waals surface area (Å²) in [7, 11) is 0. The fourth-order valence-electron chi connectivity index (χ4n) is 6.17. The van der Waals surface area contributed by atoms with Gasteiger partial charge < -0.3 is 20.6 Å². The van der Waals surface area contributed by atoms with E-state index in [9.17, 15) is 20.1 Å². The van der Waals surface area contributed by atoms with Crippen LogP contribution in [0.2, 0.25) is 0 Å². The average molecular weight is 676 g/mol. The topological polar surface area (TPSA) is 89.8 Å². The van der Waals surface area contributed by atoms with Gasteiger partial charge in [0.1, 0.15) is 6.10 Å². The fourth-order valence-corrected chi connectivity index (χ4v) is 6.17. The fraction of sp³-hybridized carbons (Fsp3) is 0.837. The minimum Gasteiger partial charge on any atom is -0.394 e. The van der Waals surface area contributed by atoms with Crippen LogP contribution in [0.4, 0.5) is 0 Å². The van der Waals surface area contributed by atoms with Gasteiger partial charge in [0.15, 0.2) is 0 Å². The van der Waals surface area contributed by atoms with Gasteiger partial charge in [-0.05, 0) is 77.0 Å². The molecule has 0 aliphatic heterocycles. The van der Waals surface area contributed by atoms with Crippen LogP contribution < -0.4 is 5.32 Å². The van der Waals surface area contributed by atoms with Crippen molar-refractivity contribution in [3.8, 4) is 0 Å². The molecular formula is C43H81NO4. The molecule has 0 bridgehead atoms. The third-order valence-corrected chi connectivity index (χ3v) is 9.44. The Morgan fingerprint density at radius 2 is 0.854 bits per heavy atom. The van der Waals surface area contributed by atoms with Gasteiger partial charge in [-0.25, -0.2) is 0 Å². The van der Waals surface area contributed by atoms with E-state index in [2.05, 4.69) is 55.6 Å². The van der Waals surface area contributed by atoms with Crippen LogP contribution in [-0.4, -0.2) is 46.1 Å². The summed E-state index contributed by atoms with van der Waals surface area (Å²) in [5, 5.41) is 33.4. The molecule has 5 nitrogen and oxygen atoms in total. The van der Waals surface area contributed by atoms with Crippen LogP contribution in [0.1, 0.15) is 206 Å². The highest BCUT2D eigenvalue weighted by molar-refractivity contribution is 5.76. The van der Waals surface area contributed by atoms with E-state index in [-0.39, 0.29) is 12.5 Å². The van der Waals surface area contributed by atoms with Gasteiger partial charge in [0.25, 0.3) is 0 Å². The number of unbranched alkanes of at least 4 members (excludes halogenated alkanes) is 23. The lowest BCUT2D eigenvalue weighted by atomic mass is 10.0. The Morgan fingerprint density at radius 1 is 0.500 bits per heavy atom. The van der Waals surface area contributed by atoms with Crippen molar-refractivity contribution in [1.82, 2.24) is 5.32 Å². The number of carbonyl (C=O) groups is 1. The van der Waals surface area contributed by atoms with Crippen molar-refractivity contribution < 1.29 is 20.1 Å². The average Bonchev–Trinajstić information content (AvgIpc) is 3.09. The molecule has 0 fully saturated rings. The maximum atomic E-state index is 12.4. The first-order valence-electron chi connectivity index (χ1n) is 20.8. The molecule has 0 heterocycles. The molecule has 3 atom stereocenters. The Bertz CT molecular complexity index is 749. The zero-order valence-corrected chi connectivity index (χ0v) is 31.9. The molecule has 282 valence electrons. The Kier molecular flexibility index (Phi) is 37.2. The van der Waals surface area contributed by atoms with Gasteiger partial charge in [-0.3, -0.25) is 4.79 Å². The number of hydrogen-bond donors (Lipinski definition) is 4. The number of rotatable bonds is 37. The molecule has 5 heteroatoms. The second-order valence-electron chi connectivity index (χ2n) is 14.2. The summed E-state index contributed by atoms with van der Waals surface area (Å²) in [6.07, 6.45) is 46.7. The molecule has 0 radical (unpaired) electrons. The molecule has 3 unspecified atom stereocenters. The highest BCUT2D eigenvalue weighted by Gasteiger charge is 2.26. The molecule has 0 spiro atoms. The first-order valence-corrected chi connectivity index (χ1v) is 20.8. The molecular weight excluding hydrogens is 594 g/mol. The number of aliphatic hydroxyl groups is 3. The molecule has 48 heavy (non-hydrogen) atoms. The number of hydrogen-bond acceptors (Lipinski definition) is 4. The van der Waals surface area contributed by atoms with E-state index in [0.29, 0.717) is 12.8 Å². The molecule has 0 saturated carbocycles. The molecule has 0 aromatic rings. The Hall–Kier alpha value is -1.43. The van der Waals surface area contributed by atoms with E-state index in [1.807, 2.05) is 0 Å². The number of nitrogens with one attached hydrogen (secondary N) is 1. The summed E-state index contributed by atoms with van der Waals surface area (Å²) in [4.78, 5) is 12.4. The van der Waals surface area contributed by atoms with Crippen LogP contribution >= 0.6 is 0 Å². The van der Waals surface area contributed by atoms with Crippen LogP contribution in [0.15, 0.2) is 36.5 Å². The SMILES string of the molecule is CCCCCC/C=C\CCCCCCCCCC(=O)NC(CO)C(O)C(O)CCC/C=C/CC/C=C/CCCCCCCCCCCC. The molecule has 0 aromatic carbocycles. The number of allylic oxidation sites excluding steroid dienone is 6. The van der Waals surface area contributed by atoms with E-state index >= 15 is 0 Å². The molecule has 0 aromatic heterocycles. The summed E-state index contributed by atoms with van der Waals surface area (Å²) in [5.41, 5.74) is 0. The largest absolute Gasteiger partial charge is 0.394 e. The monoisotopic (exact) mass is 676 g/mol. The second-order valence-corrected chi connectivity index (χ2v) is 14.2. The predicted octanol–water partition coefficient (Wildman–Crippen LogP) is 11.6. The van der Waals surface area contributed by atoms with E-state index in [1.54, 1.807) is 0 Å². The summed E-state index contributed by atoms with van der Waals surface area (Å²) in [6, 6.07) is -0.833. The first-order chi connectivity index (χ1) is 23.6. The Balaban J connectivity index is 3.73. The molecule has 0 aliphatic rings. The molecule has 0 saturated heterocycles. The lowest BCUT2D eigenvalue weighted by Gasteiger charge is -2.26. The molecule has 4 N–H and O–H groups in total. The lowest BCUT2D eigenvalue weighted by molar-refractivity contribution is -0.124. The smallest absolute Gasteiger partial charge is 0.220 e. The molecule has 0 rings (SSSR count). The Morgan fingerprint density at radius 3 is 1.29 bits per heavy atom. The van der Waals surface area contributed by atoms with Crippen LogP contribution in [-0.2, 0) is 4.79 Å². The van der Waals surface area contributed by atoms with Crippen LogP contribution in [0.3, 0.4) is 0 Å². The van der Waals surface area contributed by atoms with E-state index in [4.69, 9.17) is 0 Å². The highest BCUT2D eigenvalue weighted by atomic mass is 16.3. The predicted molar refractivity (Wildman–Crippen MR) is 208 cm³/mol. The van der Waals surface area contributed by atoms with Gasteiger partial charge in [-0.15, -0.1) is 0 Å². The van der Waals surface area contributed by atoms with Crippen molar-refractivity contribution in [2.24, 2.45) is 0 Å². The standard InChI is InChI=1S/C43H81NO4/c1-3-5-7-9-11-13-15-17-19-20-21-22-24-25-27-29-31-33-35-37-41(46)43(48)40(39-45)44-42(47)38-36-34-32-30-28-26-23-18-16-14-12-10-8-6-4-2/h14,16,22,24,29,31,40-41,43,45-46,48H,3-13,15,17-21,23,25-28,30,32-39H2,1-2H3,(H,44,47)/b16-14-,24-22+,31-29+. The molecule has 0 aliphatic carbocycles. The number of amides is 1. The van der Waals surface area contributed by atoms with Crippen LogP contribution in [0.5, 0.6) is 0 Å². The second kappa shape index (κ2) is 38.4. The van der Waals surface area contributed by atoms with Gasteiger partial charge in [0.2, 0.25) is 5.91 Å². The third kappa shape index (κ3) is 33.1. The van der Waals surface area contributed by atoms with Crippen molar-refractivity contribution in [3.63, 3.8) is 0 Å². The van der Waals surface area contributed by atoms with E-state index in [0.717, 1.165) is 44.9 Å². The van der Waals surface area contributed by atoms with E-state index < -0.39 is 18.2 Å². The van der Waals surface area contributed by atoms with Gasteiger partial charge in [0.05, 0.1) is 18.8 Å². The van der Waals surface area contributed by atoms with Crippen molar-refractivity contribution in [2.75, 3.05) is 6.61 Å². The van der Waals surface area contributed by atoms with Gasteiger partial charge in [-0.1, -0.05) is 159 Å². The van der Waals surface area contributed by atoms with Crippen LogP contribution in [0.25, 0.3) is 0 Å². The lowest BCUT2D eigenvalue weighted by Crippen LogP contribution is -2.50. The normalized spacial score (nSPS) is 14.0. The van der Waals surface area contributed by atoms with Crippen molar-refractivity contribution in [2.45, 2.75) is 225 Å². The van der Waals surface area contributed by atoms with Gasteiger partial charge in [0, 0.05) is 6.42 Å². The van der Waals surface area contributed by atoms with Crippen molar-refractivity contribution >= 4 is 5.91 Å². The summed E-state index contributed by atoms with van der Waals surface area (Å²) < 4.78 is 0. The number of carbonyl (C=O) groups excluding carboxylic acids is 1. The van der Waals surface area contributed by atoms with Gasteiger partial charge >= 0.3 is 0 Å². The maximum Gasteiger partial charge on any atom is 0.220 e. The summed E-state index contributed by atoms with van der Waals surface area (Å²) in [5.74, 6) is -0.165. The summed E-state index contributed by atoms with van der Waals surface area (Å²) in [6.45, 7) is 4.14. The van der Waals surface area contributed by atoms with Crippen molar-refractivity contribution in [1.29, 1.82) is 0 Å². The van der Waals surface area contributed by atoms with Crippen LogP contribution in [0, 0.1) is 0 Å². The highest BCUT2D eigenvalue weighted by Crippen LogP contribution is 2.14. The zero-order valence-electron chi connectivity index (χ0n) is 31.9. The Labute approximate surface area is 298 Å². The summed E-state index contributed by atoms with van der Waals surface area (Å²) >= 11 is 0. The first kappa shape index (κ1) is 46.6. The minimum absolute atomic E-state index is 0.165. The molecule has 1 amide bonds. The quantitative estimate of drug-likeness (QED) is 0.0390. The zero-order chi connectivity index (χ0) is 35.2. The van der Waals surface area contributed by atoms with E-state index in [1.165, 1.54) is 135 Å². The number of aliphatic hydroxyl groups excluding tert-OH is 3.